The van der Waals surface area contributed by atoms with Gasteiger partial charge in [-0.25, -0.2) is 0 Å². The van der Waals surface area contributed by atoms with E-state index in [1.807, 2.05) is 49.6 Å². The molecular weight excluding hydrogens is 284 g/mol. The first-order valence-electron chi connectivity index (χ1n) is 7.74. The molecule has 4 heteroatoms. The molecule has 0 saturated carbocycles. The summed E-state index contributed by atoms with van der Waals surface area (Å²) in [4.78, 5) is 15.8. The number of aromatic nitrogens is 3. The van der Waals surface area contributed by atoms with Gasteiger partial charge in [0.25, 0.3) is 0 Å². The summed E-state index contributed by atoms with van der Waals surface area (Å²) in [5.41, 5.74) is 4.21. The third-order valence-corrected chi connectivity index (χ3v) is 3.56. The lowest BCUT2D eigenvalue weighted by Crippen LogP contribution is -2.24. The number of hydrogen-bond acceptors (Lipinski definition) is 4. The van der Waals surface area contributed by atoms with Gasteiger partial charge in [-0.05, 0) is 43.3 Å². The van der Waals surface area contributed by atoms with Crippen molar-refractivity contribution in [2.24, 2.45) is 0 Å². The minimum absolute atomic E-state index is 0.771. The van der Waals surface area contributed by atoms with Crippen LogP contribution in [0, 0.1) is 6.92 Å². The summed E-state index contributed by atoms with van der Waals surface area (Å²) in [5, 5.41) is 0. The maximum atomic E-state index is 4.61. The highest BCUT2D eigenvalue weighted by Crippen LogP contribution is 2.11. The summed E-state index contributed by atoms with van der Waals surface area (Å²) >= 11 is 0. The van der Waals surface area contributed by atoms with Crippen molar-refractivity contribution >= 4 is 0 Å². The van der Waals surface area contributed by atoms with Crippen molar-refractivity contribution in [3.63, 3.8) is 0 Å². The van der Waals surface area contributed by atoms with Gasteiger partial charge < -0.3 is 0 Å². The maximum absolute atomic E-state index is 4.61. The molecule has 3 aromatic rings. The largest absolute Gasteiger partial charge is 0.286 e. The monoisotopic (exact) mass is 304 g/mol. The van der Waals surface area contributed by atoms with Gasteiger partial charge in [0.2, 0.25) is 0 Å². The Morgan fingerprint density at radius 3 is 1.78 bits per heavy atom. The minimum Gasteiger partial charge on any atom is -0.286 e. The van der Waals surface area contributed by atoms with Gasteiger partial charge in [0.1, 0.15) is 0 Å². The number of hydrogen-bond donors (Lipinski definition) is 0. The van der Waals surface area contributed by atoms with E-state index in [1.165, 1.54) is 0 Å². The Morgan fingerprint density at radius 1 is 0.696 bits per heavy atom. The van der Waals surface area contributed by atoms with Gasteiger partial charge in [-0.3, -0.25) is 19.9 Å². The Kier molecular flexibility index (Phi) is 5.06. The number of nitrogens with zero attached hydrogens (tertiary/aromatic N) is 4. The Labute approximate surface area is 136 Å². The van der Waals surface area contributed by atoms with E-state index < -0.39 is 0 Å². The van der Waals surface area contributed by atoms with Crippen LogP contribution >= 0.6 is 0 Å². The van der Waals surface area contributed by atoms with Gasteiger partial charge in [0.15, 0.2) is 0 Å². The van der Waals surface area contributed by atoms with Gasteiger partial charge in [-0.15, -0.1) is 0 Å². The molecule has 0 aromatic carbocycles. The van der Waals surface area contributed by atoms with E-state index in [2.05, 4.69) is 44.1 Å². The second kappa shape index (κ2) is 7.61. The smallest absolute Gasteiger partial charge is 0.0547 e. The molecule has 4 nitrogen and oxygen atoms in total. The lowest BCUT2D eigenvalue weighted by molar-refractivity contribution is 0.238. The number of pyridine rings is 3. The minimum atomic E-state index is 0.771. The normalized spacial score (nSPS) is 10.9. The van der Waals surface area contributed by atoms with Crippen LogP contribution in [0.1, 0.15) is 22.8 Å². The van der Waals surface area contributed by atoms with Crippen LogP contribution < -0.4 is 0 Å². The van der Waals surface area contributed by atoms with Crippen molar-refractivity contribution in [2.45, 2.75) is 26.6 Å². The zero-order chi connectivity index (χ0) is 15.9. The molecule has 3 heterocycles. The average molecular weight is 304 g/mol. The molecule has 3 rings (SSSR count). The molecule has 0 atom stereocenters. The van der Waals surface area contributed by atoms with E-state index in [9.17, 15) is 0 Å². The molecule has 0 unspecified atom stereocenters. The van der Waals surface area contributed by atoms with Crippen molar-refractivity contribution in [1.29, 1.82) is 0 Å². The Balaban J connectivity index is 1.77. The van der Waals surface area contributed by atoms with Crippen LogP contribution in [-0.4, -0.2) is 19.9 Å². The van der Waals surface area contributed by atoms with Crippen LogP contribution in [0.15, 0.2) is 67.0 Å². The highest BCUT2D eigenvalue weighted by molar-refractivity contribution is 5.11. The molecule has 0 spiro atoms. The van der Waals surface area contributed by atoms with Gasteiger partial charge in [0, 0.05) is 37.7 Å². The number of aryl methyl sites for hydroxylation is 1. The van der Waals surface area contributed by atoms with Gasteiger partial charge in [-0.2, -0.15) is 0 Å². The zero-order valence-electron chi connectivity index (χ0n) is 13.3. The van der Waals surface area contributed by atoms with E-state index in [0.717, 1.165) is 42.4 Å². The van der Waals surface area contributed by atoms with Crippen LogP contribution in [-0.2, 0) is 19.6 Å². The van der Waals surface area contributed by atoms with E-state index in [4.69, 9.17) is 0 Å². The van der Waals surface area contributed by atoms with E-state index in [-0.39, 0.29) is 0 Å². The lowest BCUT2D eigenvalue weighted by Gasteiger charge is -2.21. The Hall–Kier alpha value is -2.59. The van der Waals surface area contributed by atoms with Crippen molar-refractivity contribution in [2.75, 3.05) is 0 Å². The second-order valence-electron chi connectivity index (χ2n) is 5.56. The third-order valence-electron chi connectivity index (χ3n) is 3.56. The van der Waals surface area contributed by atoms with E-state index in [0.29, 0.717) is 0 Å². The highest BCUT2D eigenvalue weighted by Gasteiger charge is 2.10. The quantitative estimate of drug-likeness (QED) is 0.700. The molecule has 0 saturated heterocycles. The lowest BCUT2D eigenvalue weighted by atomic mass is 10.2. The van der Waals surface area contributed by atoms with E-state index in [1.54, 1.807) is 0 Å². The summed E-state index contributed by atoms with van der Waals surface area (Å²) < 4.78 is 0. The molecule has 0 aliphatic rings. The highest BCUT2D eigenvalue weighted by atomic mass is 15.1. The van der Waals surface area contributed by atoms with Crippen molar-refractivity contribution < 1.29 is 0 Å². The fraction of sp³-hybridized carbons (Fsp3) is 0.211. The zero-order valence-corrected chi connectivity index (χ0v) is 13.3. The third kappa shape index (κ3) is 4.69. The Bertz CT molecular complexity index is 687. The SMILES string of the molecule is Cc1cccc(CN(Cc2ccccn2)Cc2ccccn2)n1. The maximum Gasteiger partial charge on any atom is 0.0547 e. The Morgan fingerprint density at radius 2 is 1.26 bits per heavy atom. The summed E-state index contributed by atoms with van der Waals surface area (Å²) in [7, 11) is 0. The molecule has 0 aliphatic heterocycles. The molecule has 0 aliphatic carbocycles. The summed E-state index contributed by atoms with van der Waals surface area (Å²) in [6, 6.07) is 18.2. The molecule has 116 valence electrons. The first kappa shape index (κ1) is 15.3. The summed E-state index contributed by atoms with van der Waals surface area (Å²) in [6.07, 6.45) is 3.67. The molecule has 0 N–H and O–H groups in total. The van der Waals surface area contributed by atoms with Gasteiger partial charge in [-0.1, -0.05) is 18.2 Å². The molecular formula is C19H20N4. The standard InChI is InChI=1S/C19H20N4/c1-16-7-6-10-19(22-16)15-23(13-17-8-2-4-11-20-17)14-18-9-3-5-12-21-18/h2-12H,13-15H2,1H3. The van der Waals surface area contributed by atoms with Crippen LogP contribution in [0.3, 0.4) is 0 Å². The first-order valence-corrected chi connectivity index (χ1v) is 7.74. The topological polar surface area (TPSA) is 41.9 Å². The van der Waals surface area contributed by atoms with Crippen LogP contribution in [0.4, 0.5) is 0 Å². The molecule has 0 radical (unpaired) electrons. The fourth-order valence-corrected chi connectivity index (χ4v) is 2.53. The molecule has 23 heavy (non-hydrogen) atoms. The predicted molar refractivity (Wildman–Crippen MR) is 90.4 cm³/mol. The number of rotatable bonds is 6. The summed E-state index contributed by atoms with van der Waals surface area (Å²) in [6.45, 7) is 4.33. The molecule has 0 amide bonds. The average Bonchev–Trinajstić information content (AvgIpc) is 2.57. The van der Waals surface area contributed by atoms with Crippen molar-refractivity contribution in [3.8, 4) is 0 Å². The molecule has 3 aromatic heterocycles. The molecule has 0 fully saturated rings. The first-order chi connectivity index (χ1) is 11.3. The predicted octanol–water partition coefficient (Wildman–Crippen LogP) is 3.38. The second-order valence-corrected chi connectivity index (χ2v) is 5.56. The van der Waals surface area contributed by atoms with Crippen molar-refractivity contribution in [1.82, 2.24) is 19.9 Å². The van der Waals surface area contributed by atoms with Gasteiger partial charge in [0.05, 0.1) is 17.1 Å². The van der Waals surface area contributed by atoms with Crippen LogP contribution in [0.2, 0.25) is 0 Å². The van der Waals surface area contributed by atoms with Gasteiger partial charge >= 0.3 is 0 Å². The molecule has 0 bridgehead atoms. The van der Waals surface area contributed by atoms with Crippen LogP contribution in [0.25, 0.3) is 0 Å². The summed E-state index contributed by atoms with van der Waals surface area (Å²) in [5.74, 6) is 0. The van der Waals surface area contributed by atoms with Crippen molar-refractivity contribution in [3.05, 3.63) is 89.8 Å². The van der Waals surface area contributed by atoms with E-state index >= 15 is 0 Å². The fourth-order valence-electron chi connectivity index (χ4n) is 2.53. The van der Waals surface area contributed by atoms with Crippen LogP contribution in [0.5, 0.6) is 0 Å².